The molecule has 4 fully saturated rings. The van der Waals surface area contributed by atoms with Crippen LogP contribution >= 0.6 is 0 Å². The van der Waals surface area contributed by atoms with Crippen LogP contribution in [-0.2, 0) is 14.3 Å². The highest BCUT2D eigenvalue weighted by Crippen LogP contribution is 2.68. The second kappa shape index (κ2) is 7.43. The van der Waals surface area contributed by atoms with E-state index in [4.69, 9.17) is 4.74 Å². The van der Waals surface area contributed by atoms with E-state index in [-0.39, 0.29) is 5.97 Å². The van der Waals surface area contributed by atoms with Gasteiger partial charge in [-0.15, -0.1) is 0 Å². The summed E-state index contributed by atoms with van der Waals surface area (Å²) in [6.07, 6.45) is 12.4. The average Bonchev–Trinajstić information content (AvgIpc) is 3.03. The summed E-state index contributed by atoms with van der Waals surface area (Å²) in [7, 11) is 1.50. The van der Waals surface area contributed by atoms with Crippen LogP contribution in [0.1, 0.15) is 91.4 Å². The van der Waals surface area contributed by atoms with E-state index in [1.165, 1.54) is 45.6 Å². The van der Waals surface area contributed by atoms with Gasteiger partial charge in [0.1, 0.15) is 5.78 Å². The van der Waals surface area contributed by atoms with Crippen molar-refractivity contribution in [3.63, 3.8) is 0 Å². The van der Waals surface area contributed by atoms with Gasteiger partial charge in [-0.3, -0.25) is 9.59 Å². The Morgan fingerprint density at radius 1 is 1.07 bits per heavy atom. The monoisotopic (exact) mass is 388 g/mol. The predicted octanol–water partition coefficient (Wildman–Crippen LogP) is 5.80. The Kier molecular flexibility index (Phi) is 5.42. The fourth-order valence-electron chi connectivity index (χ4n) is 8.67. The second-order valence-electron chi connectivity index (χ2n) is 11.2. The lowest BCUT2D eigenvalue weighted by Gasteiger charge is -2.60. The molecular formula is C25H40O3. The van der Waals surface area contributed by atoms with Gasteiger partial charge in [-0.25, -0.2) is 0 Å². The van der Waals surface area contributed by atoms with Crippen LogP contribution in [-0.4, -0.2) is 18.9 Å². The molecule has 4 aliphatic rings. The molecule has 0 unspecified atom stereocenters. The first kappa shape index (κ1) is 20.4. The van der Waals surface area contributed by atoms with E-state index in [1.54, 1.807) is 0 Å². The molecule has 0 aromatic rings. The molecule has 0 aromatic carbocycles. The maximum Gasteiger partial charge on any atom is 0.305 e. The summed E-state index contributed by atoms with van der Waals surface area (Å²) in [4.78, 5) is 23.7. The summed E-state index contributed by atoms with van der Waals surface area (Å²) >= 11 is 0. The number of Topliss-reactive ketones (excluding diaryl/α,β-unsaturated/α-hetero) is 1. The molecule has 0 spiro atoms. The lowest BCUT2D eigenvalue weighted by molar-refractivity contribution is -0.141. The summed E-state index contributed by atoms with van der Waals surface area (Å²) in [5.41, 5.74) is 0.858. The molecule has 0 N–H and O–H groups in total. The van der Waals surface area contributed by atoms with E-state index in [0.717, 1.165) is 49.4 Å². The molecule has 0 amide bonds. The maximum absolute atomic E-state index is 12.1. The van der Waals surface area contributed by atoms with Gasteiger partial charge in [0.25, 0.3) is 0 Å². The zero-order valence-corrected chi connectivity index (χ0v) is 18.5. The minimum Gasteiger partial charge on any atom is -0.469 e. The number of ether oxygens (including phenoxy) is 1. The molecule has 158 valence electrons. The van der Waals surface area contributed by atoms with E-state index in [9.17, 15) is 9.59 Å². The van der Waals surface area contributed by atoms with E-state index < -0.39 is 0 Å². The van der Waals surface area contributed by atoms with Crippen LogP contribution in [0, 0.1) is 46.3 Å². The Balaban J connectivity index is 1.49. The van der Waals surface area contributed by atoms with Gasteiger partial charge in [-0.2, -0.15) is 0 Å². The molecule has 4 rings (SSSR count). The number of ketones is 1. The first-order chi connectivity index (χ1) is 13.3. The molecule has 28 heavy (non-hydrogen) atoms. The molecule has 0 saturated heterocycles. The van der Waals surface area contributed by atoms with Crippen molar-refractivity contribution in [2.45, 2.75) is 91.4 Å². The number of carbonyl (C=O) groups excluding carboxylic acids is 2. The van der Waals surface area contributed by atoms with Crippen molar-refractivity contribution < 1.29 is 14.3 Å². The Bertz CT molecular complexity index is 627. The number of hydrogen-bond acceptors (Lipinski definition) is 3. The molecule has 4 saturated carbocycles. The molecule has 0 radical (unpaired) electrons. The van der Waals surface area contributed by atoms with Gasteiger partial charge < -0.3 is 4.74 Å². The third kappa shape index (κ3) is 3.16. The SMILES string of the molecule is COC(=O)CC[C@H](C)[C@H]1CC[C@@H]2[C@H]3CC[C@@H]4CC(=O)CC[C@]4(C)[C@@H]3CC[C@@]21C. The van der Waals surface area contributed by atoms with Crippen LogP contribution in [0.4, 0.5) is 0 Å². The van der Waals surface area contributed by atoms with Gasteiger partial charge in [0.15, 0.2) is 0 Å². The first-order valence-corrected chi connectivity index (χ1v) is 11.9. The highest BCUT2D eigenvalue weighted by Gasteiger charge is 2.60. The van der Waals surface area contributed by atoms with E-state index in [1.807, 2.05) is 0 Å². The number of carbonyl (C=O) groups is 2. The van der Waals surface area contributed by atoms with Crippen molar-refractivity contribution in [2.24, 2.45) is 46.3 Å². The molecule has 0 bridgehead atoms. The van der Waals surface area contributed by atoms with E-state index in [2.05, 4.69) is 20.8 Å². The largest absolute Gasteiger partial charge is 0.469 e. The summed E-state index contributed by atoms with van der Waals surface area (Å²) in [5.74, 6) is 5.01. The summed E-state index contributed by atoms with van der Waals surface area (Å²) in [5, 5.41) is 0. The molecule has 0 aromatic heterocycles. The highest BCUT2D eigenvalue weighted by atomic mass is 16.5. The van der Waals surface area contributed by atoms with Crippen molar-refractivity contribution in [3.8, 4) is 0 Å². The van der Waals surface area contributed by atoms with Crippen LogP contribution in [0.3, 0.4) is 0 Å². The Labute approximate surface area is 171 Å². The minimum absolute atomic E-state index is 0.0617. The minimum atomic E-state index is -0.0617. The molecule has 3 nitrogen and oxygen atoms in total. The van der Waals surface area contributed by atoms with Crippen LogP contribution in [0.15, 0.2) is 0 Å². The number of esters is 1. The molecule has 0 aliphatic heterocycles. The fourth-order valence-corrected chi connectivity index (χ4v) is 8.67. The van der Waals surface area contributed by atoms with Crippen molar-refractivity contribution in [3.05, 3.63) is 0 Å². The number of rotatable bonds is 4. The van der Waals surface area contributed by atoms with Gasteiger partial charge in [-0.05, 0) is 97.7 Å². The summed E-state index contributed by atoms with van der Waals surface area (Å²) < 4.78 is 4.87. The Morgan fingerprint density at radius 3 is 2.57 bits per heavy atom. The highest BCUT2D eigenvalue weighted by molar-refractivity contribution is 5.79. The van der Waals surface area contributed by atoms with E-state index in [0.29, 0.717) is 34.9 Å². The standard InChI is InChI=1S/C25H40O3/c1-16(5-10-23(27)28-4)20-8-9-21-19-7-6-17-15-18(26)11-13-24(17,2)22(19)12-14-25(20,21)3/h16-17,19-22H,5-15H2,1-4H3/t16-,17+,19+,20+,21+,22+,24-,25+/m0/s1. The normalized spacial score (nSPS) is 46.3. The first-order valence-electron chi connectivity index (χ1n) is 11.9. The quantitative estimate of drug-likeness (QED) is 0.571. The Morgan fingerprint density at radius 2 is 1.82 bits per heavy atom. The van der Waals surface area contributed by atoms with Crippen molar-refractivity contribution in [1.82, 2.24) is 0 Å². The topological polar surface area (TPSA) is 43.4 Å². The molecule has 3 heteroatoms. The zero-order chi connectivity index (χ0) is 20.1. The van der Waals surface area contributed by atoms with Gasteiger partial charge in [-0.1, -0.05) is 20.8 Å². The van der Waals surface area contributed by atoms with Crippen molar-refractivity contribution in [2.75, 3.05) is 7.11 Å². The molecular weight excluding hydrogens is 348 g/mol. The molecule has 8 atom stereocenters. The number of fused-ring (bicyclic) bond motifs is 5. The van der Waals surface area contributed by atoms with Crippen molar-refractivity contribution >= 4 is 11.8 Å². The van der Waals surface area contributed by atoms with Gasteiger partial charge in [0.2, 0.25) is 0 Å². The van der Waals surface area contributed by atoms with Gasteiger partial charge in [0, 0.05) is 19.3 Å². The third-order valence-electron chi connectivity index (χ3n) is 10.3. The molecule has 4 aliphatic carbocycles. The third-order valence-corrected chi connectivity index (χ3v) is 10.3. The van der Waals surface area contributed by atoms with Crippen LogP contribution in [0.2, 0.25) is 0 Å². The fraction of sp³-hybridized carbons (Fsp3) is 0.920. The van der Waals surface area contributed by atoms with Crippen LogP contribution in [0.5, 0.6) is 0 Å². The Hall–Kier alpha value is -0.860. The maximum atomic E-state index is 12.1. The average molecular weight is 389 g/mol. The van der Waals surface area contributed by atoms with Gasteiger partial charge >= 0.3 is 5.97 Å². The second-order valence-corrected chi connectivity index (χ2v) is 11.2. The lowest BCUT2D eigenvalue weighted by Crippen LogP contribution is -2.53. The van der Waals surface area contributed by atoms with Crippen molar-refractivity contribution in [1.29, 1.82) is 0 Å². The van der Waals surface area contributed by atoms with Crippen LogP contribution < -0.4 is 0 Å². The number of methoxy groups -OCH3 is 1. The summed E-state index contributed by atoms with van der Waals surface area (Å²) in [6, 6.07) is 0. The summed E-state index contributed by atoms with van der Waals surface area (Å²) in [6.45, 7) is 7.49. The smallest absolute Gasteiger partial charge is 0.305 e. The van der Waals surface area contributed by atoms with Crippen LogP contribution in [0.25, 0.3) is 0 Å². The molecule has 0 heterocycles. The van der Waals surface area contributed by atoms with Gasteiger partial charge in [0.05, 0.1) is 7.11 Å². The predicted molar refractivity (Wildman–Crippen MR) is 111 cm³/mol. The number of hydrogen-bond donors (Lipinski definition) is 0. The zero-order valence-electron chi connectivity index (χ0n) is 18.5. The van der Waals surface area contributed by atoms with E-state index >= 15 is 0 Å². The lowest BCUT2D eigenvalue weighted by atomic mass is 9.44.